The van der Waals surface area contributed by atoms with Gasteiger partial charge < -0.3 is 14.6 Å². The number of hydrogen-bond donors (Lipinski definition) is 2. The fraction of sp³-hybridized carbons (Fsp3) is 0.105. The zero-order chi connectivity index (χ0) is 19.4. The summed E-state index contributed by atoms with van der Waals surface area (Å²) >= 11 is 6.22. The van der Waals surface area contributed by atoms with E-state index in [2.05, 4.69) is 20.5 Å². The van der Waals surface area contributed by atoms with E-state index < -0.39 is 6.09 Å². The summed E-state index contributed by atoms with van der Waals surface area (Å²) in [6.07, 6.45) is -0.573. The molecule has 0 aliphatic carbocycles. The minimum Gasteiger partial charge on any atom is -0.453 e. The summed E-state index contributed by atoms with van der Waals surface area (Å²) in [4.78, 5) is 24.0. The Balaban J connectivity index is 1.82. The lowest BCUT2D eigenvalue weighted by Gasteiger charge is -2.08. The Bertz CT molecular complexity index is 983. The average Bonchev–Trinajstić information content (AvgIpc) is 3.05. The molecule has 0 aliphatic heterocycles. The quantitative estimate of drug-likeness (QED) is 0.676. The Morgan fingerprint density at radius 3 is 2.30 bits per heavy atom. The second kappa shape index (κ2) is 7.92. The number of benzene rings is 2. The molecule has 0 fully saturated rings. The van der Waals surface area contributed by atoms with Crippen LogP contribution in [0.2, 0.25) is 5.02 Å². The first-order valence-corrected chi connectivity index (χ1v) is 8.35. The van der Waals surface area contributed by atoms with Gasteiger partial charge in [0.05, 0.1) is 12.1 Å². The maximum Gasteiger partial charge on any atom is 0.411 e. The molecule has 2 N–H and O–H groups in total. The Morgan fingerprint density at radius 2 is 1.67 bits per heavy atom. The molecule has 7 nitrogen and oxygen atoms in total. The number of ether oxygens (including phenoxy) is 1. The summed E-state index contributed by atoms with van der Waals surface area (Å²) < 4.78 is 9.74. The number of hydrogen-bond acceptors (Lipinski definition) is 5. The standard InChI is InChI=1S/C19H16ClN3O4/c1-11-16(17(23-27-11)14-5-3-4-6-15(14)20)18(24)21-12-7-9-13(10-8-12)22-19(25)26-2/h3-10H,1-2H3,(H,21,24)(H,22,25). The lowest BCUT2D eigenvalue weighted by atomic mass is 10.1. The Morgan fingerprint density at radius 1 is 1.04 bits per heavy atom. The monoisotopic (exact) mass is 385 g/mol. The molecule has 27 heavy (non-hydrogen) atoms. The van der Waals surface area contributed by atoms with Crippen LogP contribution in [0.15, 0.2) is 53.1 Å². The third kappa shape index (κ3) is 4.09. The molecule has 0 bridgehead atoms. The number of halogens is 1. The number of methoxy groups -OCH3 is 1. The van der Waals surface area contributed by atoms with E-state index in [1.807, 2.05) is 0 Å². The molecule has 1 aromatic heterocycles. The summed E-state index contributed by atoms with van der Waals surface area (Å²) in [5, 5.41) is 9.77. The summed E-state index contributed by atoms with van der Waals surface area (Å²) in [5.74, 6) is 0.00347. The highest BCUT2D eigenvalue weighted by Gasteiger charge is 2.23. The second-order valence-corrected chi connectivity index (χ2v) is 6.00. The van der Waals surface area contributed by atoms with Gasteiger partial charge in [-0.05, 0) is 37.3 Å². The summed E-state index contributed by atoms with van der Waals surface area (Å²) in [6.45, 7) is 1.66. The van der Waals surface area contributed by atoms with Gasteiger partial charge in [0.2, 0.25) is 0 Å². The van der Waals surface area contributed by atoms with Crippen LogP contribution in [-0.4, -0.2) is 24.3 Å². The minimum atomic E-state index is -0.573. The zero-order valence-corrected chi connectivity index (χ0v) is 15.3. The van der Waals surface area contributed by atoms with E-state index in [4.69, 9.17) is 16.1 Å². The Kier molecular flexibility index (Phi) is 5.42. The molecule has 0 spiro atoms. The number of amides is 2. The molecule has 3 rings (SSSR count). The maximum absolute atomic E-state index is 12.8. The van der Waals surface area contributed by atoms with Gasteiger partial charge in [0.15, 0.2) is 0 Å². The first-order valence-electron chi connectivity index (χ1n) is 7.97. The summed E-state index contributed by atoms with van der Waals surface area (Å²) in [7, 11) is 1.28. The zero-order valence-electron chi connectivity index (χ0n) is 14.6. The normalized spacial score (nSPS) is 10.3. The molecule has 1 heterocycles. The van der Waals surface area contributed by atoms with Crippen LogP contribution in [0.1, 0.15) is 16.1 Å². The van der Waals surface area contributed by atoms with Crippen molar-refractivity contribution in [3.8, 4) is 11.3 Å². The maximum atomic E-state index is 12.8. The minimum absolute atomic E-state index is 0.305. The number of aryl methyl sites for hydroxylation is 1. The van der Waals surface area contributed by atoms with Gasteiger partial charge in [-0.3, -0.25) is 10.1 Å². The largest absolute Gasteiger partial charge is 0.453 e. The van der Waals surface area contributed by atoms with Gasteiger partial charge >= 0.3 is 6.09 Å². The molecular formula is C19H16ClN3O4. The number of aromatic nitrogens is 1. The summed E-state index contributed by atoms with van der Waals surface area (Å²) in [5.41, 5.74) is 2.37. The van der Waals surface area contributed by atoms with Crippen LogP contribution < -0.4 is 10.6 Å². The van der Waals surface area contributed by atoms with Crippen molar-refractivity contribution in [1.82, 2.24) is 5.16 Å². The van der Waals surface area contributed by atoms with E-state index in [-0.39, 0.29) is 5.91 Å². The van der Waals surface area contributed by atoms with Crippen molar-refractivity contribution < 1.29 is 18.8 Å². The lowest BCUT2D eigenvalue weighted by Crippen LogP contribution is -2.14. The van der Waals surface area contributed by atoms with E-state index in [0.29, 0.717) is 39.0 Å². The number of rotatable bonds is 4. The molecule has 8 heteroatoms. The van der Waals surface area contributed by atoms with Crippen molar-refractivity contribution in [2.75, 3.05) is 17.7 Å². The Labute approximate surface area is 160 Å². The van der Waals surface area contributed by atoms with E-state index in [1.54, 1.807) is 55.5 Å². The predicted molar refractivity (Wildman–Crippen MR) is 102 cm³/mol. The topological polar surface area (TPSA) is 93.5 Å². The van der Waals surface area contributed by atoms with Crippen molar-refractivity contribution in [2.24, 2.45) is 0 Å². The molecule has 0 atom stereocenters. The number of carbonyl (C=O) groups excluding carboxylic acids is 2. The molecule has 0 unspecified atom stereocenters. The molecule has 2 aromatic carbocycles. The van der Waals surface area contributed by atoms with Crippen LogP contribution in [0.3, 0.4) is 0 Å². The van der Waals surface area contributed by atoms with Crippen LogP contribution >= 0.6 is 11.6 Å². The SMILES string of the molecule is COC(=O)Nc1ccc(NC(=O)c2c(-c3ccccc3Cl)noc2C)cc1. The number of nitrogens with zero attached hydrogens (tertiary/aromatic N) is 1. The van der Waals surface area contributed by atoms with Crippen molar-refractivity contribution in [3.63, 3.8) is 0 Å². The third-order valence-corrected chi connectivity index (χ3v) is 4.12. The molecule has 138 valence electrons. The van der Waals surface area contributed by atoms with Crippen LogP contribution in [-0.2, 0) is 4.74 Å². The van der Waals surface area contributed by atoms with Crippen LogP contribution in [0.4, 0.5) is 16.2 Å². The molecule has 0 aliphatic rings. The molecular weight excluding hydrogens is 370 g/mol. The number of anilines is 2. The fourth-order valence-corrected chi connectivity index (χ4v) is 2.70. The fourth-order valence-electron chi connectivity index (χ4n) is 2.48. The highest BCUT2D eigenvalue weighted by Crippen LogP contribution is 2.31. The van der Waals surface area contributed by atoms with Gasteiger partial charge in [-0.25, -0.2) is 4.79 Å². The van der Waals surface area contributed by atoms with Gasteiger partial charge in [-0.15, -0.1) is 0 Å². The average molecular weight is 386 g/mol. The van der Waals surface area contributed by atoms with E-state index in [0.717, 1.165) is 0 Å². The van der Waals surface area contributed by atoms with Gasteiger partial charge in [0.25, 0.3) is 5.91 Å². The lowest BCUT2D eigenvalue weighted by molar-refractivity contribution is 0.102. The van der Waals surface area contributed by atoms with E-state index >= 15 is 0 Å². The van der Waals surface area contributed by atoms with Crippen molar-refractivity contribution in [1.29, 1.82) is 0 Å². The Hall–Kier alpha value is -3.32. The first-order chi connectivity index (χ1) is 13.0. The highest BCUT2D eigenvalue weighted by molar-refractivity contribution is 6.33. The number of carbonyl (C=O) groups is 2. The van der Waals surface area contributed by atoms with Gasteiger partial charge in [-0.2, -0.15) is 0 Å². The summed E-state index contributed by atoms with van der Waals surface area (Å²) in [6, 6.07) is 13.7. The molecule has 0 saturated heterocycles. The van der Waals surface area contributed by atoms with E-state index in [1.165, 1.54) is 7.11 Å². The van der Waals surface area contributed by atoms with Crippen LogP contribution in [0.25, 0.3) is 11.3 Å². The molecule has 3 aromatic rings. The molecule has 0 saturated carbocycles. The first kappa shape index (κ1) is 18.5. The van der Waals surface area contributed by atoms with Crippen LogP contribution in [0.5, 0.6) is 0 Å². The third-order valence-electron chi connectivity index (χ3n) is 3.79. The molecule has 0 radical (unpaired) electrons. The highest BCUT2D eigenvalue weighted by atomic mass is 35.5. The second-order valence-electron chi connectivity index (χ2n) is 5.59. The van der Waals surface area contributed by atoms with Gasteiger partial charge in [0.1, 0.15) is 17.0 Å². The van der Waals surface area contributed by atoms with Crippen molar-refractivity contribution >= 4 is 35.0 Å². The predicted octanol–water partition coefficient (Wildman–Crippen LogP) is 4.73. The van der Waals surface area contributed by atoms with Crippen molar-refractivity contribution in [3.05, 3.63) is 64.9 Å². The number of nitrogens with one attached hydrogen (secondary N) is 2. The smallest absolute Gasteiger partial charge is 0.411 e. The van der Waals surface area contributed by atoms with Gasteiger partial charge in [0, 0.05) is 16.9 Å². The van der Waals surface area contributed by atoms with E-state index in [9.17, 15) is 9.59 Å². The van der Waals surface area contributed by atoms with Crippen LogP contribution in [0, 0.1) is 6.92 Å². The van der Waals surface area contributed by atoms with Crippen molar-refractivity contribution in [2.45, 2.75) is 6.92 Å². The van der Waals surface area contributed by atoms with Gasteiger partial charge in [-0.1, -0.05) is 35.0 Å². The molecule has 2 amide bonds.